The third kappa shape index (κ3) is 5.81. The van der Waals surface area contributed by atoms with Gasteiger partial charge in [-0.1, -0.05) is 64.7 Å². The quantitative estimate of drug-likeness (QED) is 0.284. The summed E-state index contributed by atoms with van der Waals surface area (Å²) in [6.45, 7) is 2.22. The molecule has 0 bridgehead atoms. The summed E-state index contributed by atoms with van der Waals surface area (Å²) in [5, 5.41) is 38.7. The lowest BCUT2D eigenvalue weighted by Crippen LogP contribution is -2.18. The predicted octanol–water partition coefficient (Wildman–Crippen LogP) is 5.31. The Labute approximate surface area is 166 Å². The van der Waals surface area contributed by atoms with Gasteiger partial charge in [0, 0.05) is 5.56 Å². The molecule has 2 rings (SSSR count). The van der Waals surface area contributed by atoms with Gasteiger partial charge in [-0.25, -0.2) is 0 Å². The Morgan fingerprint density at radius 2 is 1.32 bits per heavy atom. The maximum Gasteiger partial charge on any atom is 0.241 e. The molecule has 0 spiro atoms. The Morgan fingerprint density at radius 1 is 0.821 bits per heavy atom. The number of aliphatic hydroxyl groups is 1. The summed E-state index contributed by atoms with van der Waals surface area (Å²) in [4.78, 5) is 12.2. The molecule has 6 nitrogen and oxygen atoms in total. The fraction of sp³-hybridized carbons (Fsp3) is 0.591. The number of rotatable bonds is 12. The topological polar surface area (TPSA) is 107 Å². The highest BCUT2D eigenvalue weighted by Gasteiger charge is 2.35. The highest BCUT2D eigenvalue weighted by Crippen LogP contribution is 2.40. The second-order valence-corrected chi connectivity index (χ2v) is 7.48. The first-order valence-corrected chi connectivity index (χ1v) is 10.3. The third-order valence-electron chi connectivity index (χ3n) is 5.15. The van der Waals surface area contributed by atoms with Crippen LogP contribution in [-0.2, 0) is 9.53 Å². The first-order valence-electron chi connectivity index (χ1n) is 10.3. The minimum Gasteiger partial charge on any atom is -0.504 e. The van der Waals surface area contributed by atoms with E-state index in [0.29, 0.717) is 6.42 Å². The highest BCUT2D eigenvalue weighted by atomic mass is 16.5. The Balaban J connectivity index is 1.73. The third-order valence-corrected chi connectivity index (χ3v) is 5.15. The molecule has 0 saturated carbocycles. The molecule has 6 heteroatoms. The van der Waals surface area contributed by atoms with E-state index in [9.17, 15) is 25.2 Å². The molecule has 0 saturated heterocycles. The number of hydrogen-bond acceptors (Lipinski definition) is 6. The van der Waals surface area contributed by atoms with E-state index >= 15 is 0 Å². The summed E-state index contributed by atoms with van der Waals surface area (Å²) < 4.78 is 5.58. The number of carbonyl (C=O) groups is 1. The predicted molar refractivity (Wildman–Crippen MR) is 107 cm³/mol. The zero-order chi connectivity index (χ0) is 20.5. The van der Waals surface area contributed by atoms with E-state index in [0.717, 1.165) is 31.4 Å². The molecule has 1 heterocycles. The lowest BCUT2D eigenvalue weighted by Gasteiger charge is -2.12. The number of Topliss-reactive ketones (excluding diaryl/α,β-unsaturated/α-hetero) is 1. The van der Waals surface area contributed by atoms with Gasteiger partial charge in [-0.3, -0.25) is 4.79 Å². The van der Waals surface area contributed by atoms with Gasteiger partial charge < -0.3 is 25.2 Å². The fourth-order valence-corrected chi connectivity index (χ4v) is 3.46. The van der Waals surface area contributed by atoms with Gasteiger partial charge in [-0.05, 0) is 25.0 Å². The molecule has 0 aliphatic carbocycles. The number of phenolic OH excluding ortho intramolecular Hbond substituents is 3. The maximum atomic E-state index is 12.2. The van der Waals surface area contributed by atoms with Gasteiger partial charge in [-0.15, -0.1) is 0 Å². The first-order chi connectivity index (χ1) is 13.5. The van der Waals surface area contributed by atoms with Crippen LogP contribution in [-0.4, -0.2) is 32.3 Å². The standard InChI is InChI=1S/C22H32O6/c1-2-3-4-5-6-7-8-9-10-11-12-18-20(26)21(27)22(28-18)15-13-16(23)19(25)17(24)14-15/h13-14,18,23-25,27H,2-12H2,1H3. The smallest absolute Gasteiger partial charge is 0.241 e. The second kappa shape index (κ2) is 10.8. The Kier molecular flexibility index (Phi) is 8.48. The van der Waals surface area contributed by atoms with Crippen molar-refractivity contribution in [3.63, 3.8) is 0 Å². The number of hydrogen-bond donors (Lipinski definition) is 4. The van der Waals surface area contributed by atoms with E-state index in [2.05, 4.69) is 6.92 Å². The number of ether oxygens (including phenoxy) is 1. The van der Waals surface area contributed by atoms with Crippen molar-refractivity contribution in [1.82, 2.24) is 0 Å². The van der Waals surface area contributed by atoms with Crippen LogP contribution in [0, 0.1) is 0 Å². The van der Waals surface area contributed by atoms with Crippen molar-refractivity contribution >= 4 is 11.5 Å². The summed E-state index contributed by atoms with van der Waals surface area (Å²) in [5.41, 5.74) is 0.143. The SMILES string of the molecule is CCCCCCCCCCCCC1OC(c2cc(O)c(O)c(O)c2)=C(O)C1=O. The van der Waals surface area contributed by atoms with Crippen molar-refractivity contribution in [1.29, 1.82) is 0 Å². The Hall–Kier alpha value is -2.37. The van der Waals surface area contributed by atoms with E-state index in [1.807, 2.05) is 0 Å². The van der Waals surface area contributed by atoms with Crippen molar-refractivity contribution in [2.45, 2.75) is 83.7 Å². The van der Waals surface area contributed by atoms with E-state index in [-0.39, 0.29) is 11.3 Å². The maximum absolute atomic E-state index is 12.2. The van der Waals surface area contributed by atoms with Crippen LogP contribution < -0.4 is 0 Å². The van der Waals surface area contributed by atoms with Crippen LogP contribution in [0.15, 0.2) is 17.9 Å². The first kappa shape index (κ1) is 21.9. The Bertz CT molecular complexity index is 671. The monoisotopic (exact) mass is 392 g/mol. The molecule has 0 aromatic heterocycles. The molecule has 1 aromatic carbocycles. The minimum absolute atomic E-state index is 0.0762. The van der Waals surface area contributed by atoms with Crippen LogP contribution in [0.5, 0.6) is 17.2 Å². The number of phenols is 3. The number of aromatic hydroxyl groups is 3. The van der Waals surface area contributed by atoms with E-state index in [4.69, 9.17) is 4.74 Å². The molecule has 28 heavy (non-hydrogen) atoms. The Morgan fingerprint density at radius 3 is 1.86 bits per heavy atom. The number of aliphatic hydroxyl groups excluding tert-OH is 1. The summed E-state index contributed by atoms with van der Waals surface area (Å²) in [5.74, 6) is -2.84. The number of ketones is 1. The van der Waals surface area contributed by atoms with Crippen molar-refractivity contribution in [3.8, 4) is 17.2 Å². The normalized spacial score (nSPS) is 16.6. The van der Waals surface area contributed by atoms with Gasteiger partial charge in [0.1, 0.15) is 0 Å². The van der Waals surface area contributed by atoms with Gasteiger partial charge in [-0.2, -0.15) is 0 Å². The second-order valence-electron chi connectivity index (χ2n) is 7.48. The van der Waals surface area contributed by atoms with E-state index < -0.39 is 34.9 Å². The van der Waals surface area contributed by atoms with Crippen molar-refractivity contribution in [2.75, 3.05) is 0 Å². The van der Waals surface area contributed by atoms with Crippen molar-refractivity contribution < 1.29 is 30.0 Å². The molecular formula is C22H32O6. The average molecular weight is 392 g/mol. The zero-order valence-electron chi connectivity index (χ0n) is 16.6. The molecule has 1 unspecified atom stereocenters. The van der Waals surface area contributed by atoms with Crippen LogP contribution in [0.3, 0.4) is 0 Å². The lowest BCUT2D eigenvalue weighted by atomic mass is 10.0. The largest absolute Gasteiger partial charge is 0.504 e. The van der Waals surface area contributed by atoms with Crippen LogP contribution >= 0.6 is 0 Å². The molecule has 1 aliphatic heterocycles. The highest BCUT2D eigenvalue weighted by molar-refractivity contribution is 6.05. The van der Waals surface area contributed by atoms with Crippen molar-refractivity contribution in [3.05, 3.63) is 23.5 Å². The molecule has 1 aliphatic rings. The van der Waals surface area contributed by atoms with E-state index in [1.54, 1.807) is 0 Å². The van der Waals surface area contributed by atoms with Crippen LogP contribution in [0.4, 0.5) is 0 Å². The fourth-order valence-electron chi connectivity index (χ4n) is 3.46. The van der Waals surface area contributed by atoms with Gasteiger partial charge in [0.2, 0.25) is 11.5 Å². The zero-order valence-corrected chi connectivity index (χ0v) is 16.6. The summed E-state index contributed by atoms with van der Waals surface area (Å²) in [6.07, 6.45) is 11.7. The molecule has 0 radical (unpaired) electrons. The minimum atomic E-state index is -0.748. The molecular weight excluding hydrogens is 360 g/mol. The number of unbranched alkanes of at least 4 members (excludes halogenated alkanes) is 9. The summed E-state index contributed by atoms with van der Waals surface area (Å²) >= 11 is 0. The lowest BCUT2D eigenvalue weighted by molar-refractivity contribution is -0.123. The molecule has 1 aromatic rings. The molecule has 0 amide bonds. The molecule has 1 atom stereocenters. The summed E-state index contributed by atoms with van der Waals surface area (Å²) in [7, 11) is 0. The van der Waals surface area contributed by atoms with Crippen molar-refractivity contribution in [2.24, 2.45) is 0 Å². The van der Waals surface area contributed by atoms with Gasteiger partial charge in [0.15, 0.2) is 29.1 Å². The van der Waals surface area contributed by atoms with Crippen LogP contribution in [0.2, 0.25) is 0 Å². The average Bonchev–Trinajstić information content (AvgIpc) is 2.95. The molecule has 0 fully saturated rings. The van der Waals surface area contributed by atoms with Crippen LogP contribution in [0.1, 0.15) is 83.1 Å². The number of benzene rings is 1. The van der Waals surface area contributed by atoms with Crippen LogP contribution in [0.25, 0.3) is 5.76 Å². The van der Waals surface area contributed by atoms with Gasteiger partial charge in [0.25, 0.3) is 0 Å². The molecule has 4 N–H and O–H groups in total. The van der Waals surface area contributed by atoms with Gasteiger partial charge in [0.05, 0.1) is 0 Å². The number of carbonyl (C=O) groups excluding carboxylic acids is 1. The summed E-state index contributed by atoms with van der Waals surface area (Å²) in [6, 6.07) is 2.27. The molecule has 156 valence electrons. The van der Waals surface area contributed by atoms with Gasteiger partial charge >= 0.3 is 0 Å². The van der Waals surface area contributed by atoms with E-state index in [1.165, 1.54) is 44.9 Å².